The van der Waals surface area contributed by atoms with Crippen molar-refractivity contribution in [1.29, 1.82) is 0 Å². The topological polar surface area (TPSA) is 53.5 Å². The van der Waals surface area contributed by atoms with Gasteiger partial charge in [0.25, 0.3) is 0 Å². The number of amides is 2. The smallest absolute Gasteiger partial charge is 0.228 e. The summed E-state index contributed by atoms with van der Waals surface area (Å²) >= 11 is 1.58. The number of nitrogens with zero attached hydrogens (tertiary/aromatic N) is 3. The number of carbonyl (C=O) groups excluding carboxylic acids is 2. The molecule has 3 unspecified atom stereocenters. The fraction of sp³-hybridized carbons (Fsp3) is 0.632. The average molecular weight is 359 g/mol. The molecule has 4 rings (SSSR count). The van der Waals surface area contributed by atoms with Gasteiger partial charge in [-0.25, -0.2) is 4.98 Å². The largest absolute Gasteiger partial charge is 0.341 e. The summed E-state index contributed by atoms with van der Waals surface area (Å²) in [5.74, 6) is 1.68. The van der Waals surface area contributed by atoms with Crippen LogP contribution in [0, 0.1) is 24.7 Å². The molecule has 1 saturated carbocycles. The highest BCUT2D eigenvalue weighted by atomic mass is 32.1. The molecule has 0 spiro atoms. The summed E-state index contributed by atoms with van der Waals surface area (Å²) in [5, 5.41) is 2.96. The lowest BCUT2D eigenvalue weighted by molar-refractivity contribution is -0.137. The van der Waals surface area contributed by atoms with Crippen molar-refractivity contribution in [3.05, 3.63) is 28.2 Å². The zero-order valence-corrected chi connectivity index (χ0v) is 15.5. The SMILES string of the molecule is Cc1nc(CC(=O)N2CCCN(C(=O)C3CC4C=CC3C4)CC2)cs1. The third-order valence-corrected chi connectivity index (χ3v) is 6.58. The molecular weight excluding hydrogens is 334 g/mol. The lowest BCUT2D eigenvalue weighted by atomic mass is 9.92. The molecule has 5 nitrogen and oxygen atoms in total. The number of aromatic nitrogens is 1. The van der Waals surface area contributed by atoms with E-state index in [1.54, 1.807) is 11.3 Å². The Morgan fingerprint density at radius 2 is 1.96 bits per heavy atom. The highest BCUT2D eigenvalue weighted by molar-refractivity contribution is 7.09. The van der Waals surface area contributed by atoms with Gasteiger partial charge in [-0.2, -0.15) is 0 Å². The molecule has 2 amide bonds. The van der Waals surface area contributed by atoms with E-state index in [0.717, 1.165) is 43.1 Å². The summed E-state index contributed by atoms with van der Waals surface area (Å²) in [6.07, 6.45) is 7.92. The molecule has 3 aliphatic rings. The lowest BCUT2D eigenvalue weighted by Crippen LogP contribution is -2.41. The van der Waals surface area contributed by atoms with E-state index in [4.69, 9.17) is 0 Å². The minimum Gasteiger partial charge on any atom is -0.341 e. The monoisotopic (exact) mass is 359 g/mol. The Kier molecular flexibility index (Phi) is 4.63. The number of aryl methyl sites for hydroxylation is 1. The molecule has 6 heteroatoms. The molecule has 1 saturated heterocycles. The van der Waals surface area contributed by atoms with Gasteiger partial charge in [0.05, 0.1) is 17.1 Å². The number of rotatable bonds is 3. The van der Waals surface area contributed by atoms with Crippen LogP contribution in [0.5, 0.6) is 0 Å². The van der Waals surface area contributed by atoms with Crippen molar-refractivity contribution in [2.45, 2.75) is 32.6 Å². The Morgan fingerprint density at radius 3 is 2.64 bits per heavy atom. The molecule has 2 aliphatic carbocycles. The van der Waals surface area contributed by atoms with Crippen molar-refractivity contribution >= 4 is 23.2 Å². The highest BCUT2D eigenvalue weighted by Crippen LogP contribution is 2.44. The van der Waals surface area contributed by atoms with Crippen LogP contribution in [0.25, 0.3) is 0 Å². The molecule has 0 radical (unpaired) electrons. The first kappa shape index (κ1) is 16.8. The Morgan fingerprint density at radius 1 is 1.16 bits per heavy atom. The van der Waals surface area contributed by atoms with Crippen LogP contribution in [0.15, 0.2) is 17.5 Å². The molecule has 3 atom stereocenters. The minimum atomic E-state index is 0.127. The van der Waals surface area contributed by atoms with Crippen molar-refractivity contribution < 1.29 is 9.59 Å². The molecule has 2 bridgehead atoms. The Hall–Kier alpha value is -1.69. The molecule has 0 aromatic carbocycles. The van der Waals surface area contributed by atoms with Crippen LogP contribution in [-0.4, -0.2) is 52.8 Å². The summed E-state index contributed by atoms with van der Waals surface area (Å²) in [4.78, 5) is 33.7. The van der Waals surface area contributed by atoms with Crippen LogP contribution < -0.4 is 0 Å². The Balaban J connectivity index is 1.33. The maximum atomic E-state index is 12.9. The van der Waals surface area contributed by atoms with Crippen molar-refractivity contribution in [1.82, 2.24) is 14.8 Å². The van der Waals surface area contributed by atoms with E-state index < -0.39 is 0 Å². The van der Waals surface area contributed by atoms with Crippen LogP contribution in [-0.2, 0) is 16.0 Å². The van der Waals surface area contributed by atoms with Crippen molar-refractivity contribution in [2.75, 3.05) is 26.2 Å². The van der Waals surface area contributed by atoms with Crippen LogP contribution in [0.4, 0.5) is 0 Å². The predicted octanol–water partition coefficient (Wildman–Crippen LogP) is 2.27. The fourth-order valence-corrected chi connectivity index (χ4v) is 5.06. The molecule has 1 aromatic rings. The van der Waals surface area contributed by atoms with Gasteiger partial charge in [-0.1, -0.05) is 12.2 Å². The van der Waals surface area contributed by atoms with E-state index in [0.29, 0.717) is 37.3 Å². The van der Waals surface area contributed by atoms with Gasteiger partial charge >= 0.3 is 0 Å². The van der Waals surface area contributed by atoms with Gasteiger partial charge in [0.2, 0.25) is 11.8 Å². The molecule has 1 aromatic heterocycles. The second-order valence-electron chi connectivity index (χ2n) is 7.48. The van der Waals surface area contributed by atoms with Gasteiger partial charge in [-0.3, -0.25) is 9.59 Å². The zero-order chi connectivity index (χ0) is 17.4. The van der Waals surface area contributed by atoms with Gasteiger partial charge in [0.15, 0.2) is 0 Å². The van der Waals surface area contributed by atoms with E-state index >= 15 is 0 Å². The predicted molar refractivity (Wildman–Crippen MR) is 97.2 cm³/mol. The normalized spacial score (nSPS) is 28.4. The number of fused-ring (bicyclic) bond motifs is 2. The summed E-state index contributed by atoms with van der Waals surface area (Å²) in [6, 6.07) is 0. The van der Waals surface area contributed by atoms with E-state index in [2.05, 4.69) is 17.1 Å². The second kappa shape index (κ2) is 6.90. The van der Waals surface area contributed by atoms with Gasteiger partial charge in [0.1, 0.15) is 0 Å². The van der Waals surface area contributed by atoms with Crippen molar-refractivity contribution in [3.8, 4) is 0 Å². The van der Waals surface area contributed by atoms with E-state index in [9.17, 15) is 9.59 Å². The minimum absolute atomic E-state index is 0.127. The molecule has 1 aliphatic heterocycles. The van der Waals surface area contributed by atoms with Crippen LogP contribution in [0.1, 0.15) is 30.0 Å². The second-order valence-corrected chi connectivity index (χ2v) is 8.54. The van der Waals surface area contributed by atoms with Gasteiger partial charge < -0.3 is 9.80 Å². The molecular formula is C19H25N3O2S. The first-order valence-corrected chi connectivity index (χ1v) is 10.1. The van der Waals surface area contributed by atoms with Gasteiger partial charge in [0, 0.05) is 37.5 Å². The standard InChI is InChI=1S/C19H25N3O2S/c1-13-20-16(12-25-13)11-18(23)21-5-2-6-22(8-7-21)19(24)17-10-14-3-4-15(17)9-14/h3-4,12,14-15,17H,2,5-11H2,1H3. The Bertz CT molecular complexity index is 699. The van der Waals surface area contributed by atoms with Crippen LogP contribution in [0.2, 0.25) is 0 Å². The number of thiazole rings is 1. The summed E-state index contributed by atoms with van der Waals surface area (Å²) in [6.45, 7) is 4.78. The maximum absolute atomic E-state index is 12.9. The number of hydrogen-bond acceptors (Lipinski definition) is 4. The fourth-order valence-electron chi connectivity index (χ4n) is 4.44. The van der Waals surface area contributed by atoms with E-state index in [1.165, 1.54) is 0 Å². The van der Waals surface area contributed by atoms with Crippen LogP contribution in [0.3, 0.4) is 0 Å². The first-order chi connectivity index (χ1) is 12.1. The molecule has 134 valence electrons. The summed E-state index contributed by atoms with van der Waals surface area (Å²) in [5.41, 5.74) is 0.860. The maximum Gasteiger partial charge on any atom is 0.228 e. The first-order valence-electron chi connectivity index (χ1n) is 9.26. The molecule has 2 fully saturated rings. The van der Waals surface area contributed by atoms with Crippen LogP contribution >= 0.6 is 11.3 Å². The third kappa shape index (κ3) is 3.50. The molecule has 25 heavy (non-hydrogen) atoms. The van der Waals surface area contributed by atoms with Gasteiger partial charge in [-0.05, 0) is 38.0 Å². The van der Waals surface area contributed by atoms with Crippen molar-refractivity contribution in [3.63, 3.8) is 0 Å². The highest BCUT2D eigenvalue weighted by Gasteiger charge is 2.41. The number of carbonyl (C=O) groups is 2. The summed E-state index contributed by atoms with van der Waals surface area (Å²) < 4.78 is 0. The summed E-state index contributed by atoms with van der Waals surface area (Å²) in [7, 11) is 0. The molecule has 2 heterocycles. The van der Waals surface area contributed by atoms with Crippen molar-refractivity contribution in [2.24, 2.45) is 17.8 Å². The lowest BCUT2D eigenvalue weighted by Gasteiger charge is -2.27. The van der Waals surface area contributed by atoms with E-state index in [-0.39, 0.29) is 11.8 Å². The van der Waals surface area contributed by atoms with Gasteiger partial charge in [-0.15, -0.1) is 11.3 Å². The number of hydrogen-bond donors (Lipinski definition) is 0. The number of allylic oxidation sites excluding steroid dienone is 2. The van der Waals surface area contributed by atoms with E-state index in [1.807, 2.05) is 22.1 Å². The Labute approximate surface area is 152 Å². The molecule has 0 N–H and O–H groups in total. The quantitative estimate of drug-likeness (QED) is 0.778. The third-order valence-electron chi connectivity index (χ3n) is 5.76. The average Bonchev–Trinajstić information content (AvgIpc) is 3.27. The zero-order valence-electron chi connectivity index (χ0n) is 14.7.